The summed E-state index contributed by atoms with van der Waals surface area (Å²) in [6.07, 6.45) is 1.42. The van der Waals surface area contributed by atoms with Crippen molar-refractivity contribution in [3.8, 4) is 0 Å². The lowest BCUT2D eigenvalue weighted by molar-refractivity contribution is 0.0699. The van der Waals surface area contributed by atoms with E-state index >= 15 is 0 Å². The molecule has 0 aliphatic heterocycles. The van der Waals surface area contributed by atoms with Gasteiger partial charge < -0.3 is 5.11 Å². The van der Waals surface area contributed by atoms with Crippen LogP contribution in [0.25, 0.3) is 21.3 Å². The zero-order chi connectivity index (χ0) is 11.5. The summed E-state index contributed by atoms with van der Waals surface area (Å²) in [4.78, 5) is 17.6. The molecule has 6 nitrogen and oxygen atoms in total. The fourth-order valence-electron chi connectivity index (χ4n) is 1.47. The Morgan fingerprint density at radius 3 is 2.94 bits per heavy atom. The first kappa shape index (κ1) is 9.95. The van der Waals surface area contributed by atoms with Gasteiger partial charge in [0.25, 0.3) is 0 Å². The van der Waals surface area contributed by atoms with Crippen LogP contribution < -0.4 is 0 Å². The van der Waals surface area contributed by atoms with E-state index in [-0.39, 0.29) is 5.56 Å². The Morgan fingerprint density at radius 2 is 2.25 bits per heavy atom. The summed E-state index contributed by atoms with van der Waals surface area (Å²) >= 11 is 0. The van der Waals surface area contributed by atoms with Crippen molar-refractivity contribution in [2.45, 2.75) is 0 Å². The zero-order valence-corrected chi connectivity index (χ0v) is 8.03. The zero-order valence-electron chi connectivity index (χ0n) is 8.03. The van der Waals surface area contributed by atoms with Crippen LogP contribution in [0, 0.1) is 0 Å². The topological polar surface area (TPSA) is 99.0 Å². The molecule has 0 atom stereocenters. The Labute approximate surface area is 89.8 Å². The Bertz CT molecular complexity index is 576. The molecule has 2 rings (SSSR count). The molecule has 0 spiro atoms. The molecule has 1 heterocycles. The highest BCUT2D eigenvalue weighted by atomic mass is 16.4. The average molecular weight is 214 g/mol. The van der Waals surface area contributed by atoms with Crippen molar-refractivity contribution in [3.05, 3.63) is 46.5 Å². The Balaban J connectivity index is 2.86. The van der Waals surface area contributed by atoms with Crippen LogP contribution >= 0.6 is 0 Å². The number of fused-ring (bicyclic) bond motifs is 1. The second kappa shape index (κ2) is 3.88. The summed E-state index contributed by atoms with van der Waals surface area (Å²) in [5.41, 5.74) is 9.16. The number of rotatable bonds is 2. The van der Waals surface area contributed by atoms with E-state index in [1.54, 1.807) is 12.1 Å². The van der Waals surface area contributed by atoms with Gasteiger partial charge in [0.05, 0.1) is 11.1 Å². The normalized spacial score (nSPS) is 9.75. The number of carboxylic acids is 1. The number of aromatic nitrogens is 1. The maximum atomic E-state index is 10.9. The van der Waals surface area contributed by atoms with E-state index in [4.69, 9.17) is 10.6 Å². The average Bonchev–Trinajstić information content (AvgIpc) is 2.29. The fourth-order valence-corrected chi connectivity index (χ4v) is 1.47. The predicted molar refractivity (Wildman–Crippen MR) is 57.5 cm³/mol. The quantitative estimate of drug-likeness (QED) is 0.472. The highest BCUT2D eigenvalue weighted by Gasteiger charge is 2.10. The first-order chi connectivity index (χ1) is 7.74. The summed E-state index contributed by atoms with van der Waals surface area (Å²) in [5, 5.41) is 13.0. The number of para-hydroxylation sites is 1. The summed E-state index contributed by atoms with van der Waals surface area (Å²) in [5.74, 6) is -1.06. The van der Waals surface area contributed by atoms with E-state index in [0.29, 0.717) is 16.6 Å². The van der Waals surface area contributed by atoms with E-state index in [0.717, 1.165) is 0 Å². The maximum absolute atomic E-state index is 10.9. The molecule has 6 heteroatoms. The van der Waals surface area contributed by atoms with Crippen molar-refractivity contribution < 1.29 is 9.90 Å². The Kier molecular flexibility index (Phi) is 2.41. The van der Waals surface area contributed by atoms with E-state index < -0.39 is 5.97 Å². The monoisotopic (exact) mass is 214 g/mol. The van der Waals surface area contributed by atoms with Gasteiger partial charge >= 0.3 is 5.97 Å². The van der Waals surface area contributed by atoms with Crippen LogP contribution in [0.3, 0.4) is 0 Å². The van der Waals surface area contributed by atoms with Gasteiger partial charge in [-0.25, -0.2) is 4.79 Å². The number of aromatic carboxylic acids is 1. The molecule has 0 aliphatic rings. The van der Waals surface area contributed by atoms with E-state index in [1.165, 1.54) is 18.3 Å². The van der Waals surface area contributed by atoms with Crippen LogP contribution in [0.2, 0.25) is 0 Å². The summed E-state index contributed by atoms with van der Waals surface area (Å²) < 4.78 is 0. The lowest BCUT2D eigenvalue weighted by Gasteiger charge is -2.02. The smallest absolute Gasteiger partial charge is 0.337 e. The minimum atomic E-state index is -1.06. The van der Waals surface area contributed by atoms with Crippen LogP contribution in [0.1, 0.15) is 10.4 Å². The number of nitrogens with zero attached hydrogens (tertiary/aromatic N) is 4. The van der Waals surface area contributed by atoms with Gasteiger partial charge in [-0.1, -0.05) is 17.2 Å². The van der Waals surface area contributed by atoms with Gasteiger partial charge in [-0.3, -0.25) is 4.98 Å². The highest BCUT2D eigenvalue weighted by molar-refractivity contribution is 6.04. The number of pyridine rings is 1. The molecule has 0 aliphatic carbocycles. The van der Waals surface area contributed by atoms with E-state index in [1.807, 2.05) is 0 Å². The number of benzene rings is 1. The summed E-state index contributed by atoms with van der Waals surface area (Å²) in [7, 11) is 0. The predicted octanol–water partition coefficient (Wildman–Crippen LogP) is 2.87. The molecule has 0 bridgehead atoms. The minimum Gasteiger partial charge on any atom is -0.478 e. The fraction of sp³-hybridized carbons (Fsp3) is 0. The highest BCUT2D eigenvalue weighted by Crippen LogP contribution is 2.26. The molecule has 0 radical (unpaired) electrons. The number of carboxylic acid groups (broad SMARTS) is 1. The van der Waals surface area contributed by atoms with Crippen LogP contribution in [-0.2, 0) is 0 Å². The van der Waals surface area contributed by atoms with E-state index in [2.05, 4.69) is 15.0 Å². The van der Waals surface area contributed by atoms with Crippen LogP contribution in [-0.4, -0.2) is 16.1 Å². The second-order valence-electron chi connectivity index (χ2n) is 3.03. The molecule has 0 saturated heterocycles. The number of hydrogen-bond donors (Lipinski definition) is 1. The maximum Gasteiger partial charge on any atom is 0.337 e. The molecule has 16 heavy (non-hydrogen) atoms. The van der Waals surface area contributed by atoms with Gasteiger partial charge in [0.2, 0.25) is 0 Å². The van der Waals surface area contributed by atoms with Crippen LogP contribution in [0.15, 0.2) is 35.6 Å². The van der Waals surface area contributed by atoms with Crippen LogP contribution in [0.5, 0.6) is 0 Å². The van der Waals surface area contributed by atoms with Gasteiger partial charge in [0, 0.05) is 22.2 Å². The molecular formula is C10H6N4O2. The molecule has 1 aromatic carbocycles. The standard InChI is InChI=1S/C10H6N4O2/c11-14-13-8-4-5-12-9-6(8)2-1-3-7(9)10(15)16/h1-5H,(H,15,16). The van der Waals surface area contributed by atoms with Gasteiger partial charge in [-0.2, -0.15) is 0 Å². The molecule has 0 fully saturated rings. The third-order valence-electron chi connectivity index (χ3n) is 2.13. The van der Waals surface area contributed by atoms with Crippen molar-refractivity contribution in [1.29, 1.82) is 0 Å². The molecule has 78 valence electrons. The lowest BCUT2D eigenvalue weighted by Crippen LogP contribution is -1.98. The largest absolute Gasteiger partial charge is 0.478 e. The molecular weight excluding hydrogens is 208 g/mol. The van der Waals surface area contributed by atoms with Crippen molar-refractivity contribution in [2.24, 2.45) is 5.11 Å². The second-order valence-corrected chi connectivity index (χ2v) is 3.03. The summed E-state index contributed by atoms with van der Waals surface area (Å²) in [6, 6.07) is 6.24. The lowest BCUT2D eigenvalue weighted by atomic mass is 10.1. The molecule has 1 aromatic heterocycles. The third-order valence-corrected chi connectivity index (χ3v) is 2.13. The molecule has 0 unspecified atom stereocenters. The Hall–Kier alpha value is -2.59. The van der Waals surface area contributed by atoms with Crippen molar-refractivity contribution >= 4 is 22.6 Å². The van der Waals surface area contributed by atoms with Gasteiger partial charge in [-0.05, 0) is 17.7 Å². The third kappa shape index (κ3) is 1.53. The van der Waals surface area contributed by atoms with Gasteiger partial charge in [0.15, 0.2) is 0 Å². The molecule has 0 saturated carbocycles. The van der Waals surface area contributed by atoms with Gasteiger partial charge in [-0.15, -0.1) is 0 Å². The van der Waals surface area contributed by atoms with Crippen molar-refractivity contribution in [3.63, 3.8) is 0 Å². The first-order valence-electron chi connectivity index (χ1n) is 4.40. The minimum absolute atomic E-state index is 0.0903. The van der Waals surface area contributed by atoms with E-state index in [9.17, 15) is 4.79 Å². The van der Waals surface area contributed by atoms with Crippen LogP contribution in [0.4, 0.5) is 5.69 Å². The van der Waals surface area contributed by atoms with Crippen molar-refractivity contribution in [1.82, 2.24) is 4.98 Å². The number of carbonyl (C=O) groups is 1. The Morgan fingerprint density at radius 1 is 1.44 bits per heavy atom. The number of hydrogen-bond acceptors (Lipinski definition) is 3. The first-order valence-corrected chi connectivity index (χ1v) is 4.40. The van der Waals surface area contributed by atoms with Gasteiger partial charge in [0.1, 0.15) is 0 Å². The SMILES string of the molecule is [N-]=[N+]=Nc1ccnc2c(C(=O)O)cccc12. The summed E-state index contributed by atoms with van der Waals surface area (Å²) in [6.45, 7) is 0. The molecule has 2 aromatic rings. The number of azide groups is 1. The molecule has 1 N–H and O–H groups in total. The van der Waals surface area contributed by atoms with Crippen molar-refractivity contribution in [2.75, 3.05) is 0 Å². The molecule has 0 amide bonds.